The molecule has 0 rings (SSSR count). The van der Waals surface area contributed by atoms with E-state index in [0.717, 1.165) is 12.8 Å². The summed E-state index contributed by atoms with van der Waals surface area (Å²) in [6.45, 7) is 5.93. The van der Waals surface area contributed by atoms with Crippen molar-refractivity contribution in [1.82, 2.24) is 0 Å². The molecule has 3 heteroatoms. The fraction of sp³-hybridized carbons (Fsp3) is 0.909. The monoisotopic (exact) mass is 264 g/mol. The average Bonchev–Trinajstić information content (AvgIpc) is 2.12. The zero-order valence-electron chi connectivity index (χ0n) is 9.38. The number of unbranched alkanes of at least 4 members (excludes halogenated alkanes) is 3. The molecule has 0 amide bonds. The first-order valence-electron chi connectivity index (χ1n) is 5.42. The van der Waals surface area contributed by atoms with Crippen molar-refractivity contribution in [3.8, 4) is 0 Å². The first-order chi connectivity index (χ1) is 6.57. The SMILES string of the molecule is CCCCCCC(C)OC(=O)C(C)Br. The summed E-state index contributed by atoms with van der Waals surface area (Å²) in [5.41, 5.74) is 0. The quantitative estimate of drug-likeness (QED) is 0.399. The highest BCUT2D eigenvalue weighted by molar-refractivity contribution is 9.10. The first-order valence-corrected chi connectivity index (χ1v) is 6.34. The maximum atomic E-state index is 11.2. The normalized spacial score (nSPS) is 14.9. The molecule has 14 heavy (non-hydrogen) atoms. The molecule has 0 fully saturated rings. The van der Waals surface area contributed by atoms with Gasteiger partial charge >= 0.3 is 5.97 Å². The number of carbonyl (C=O) groups is 1. The molecule has 0 aliphatic heterocycles. The summed E-state index contributed by atoms with van der Waals surface area (Å²) in [4.78, 5) is 11.0. The van der Waals surface area contributed by atoms with Gasteiger partial charge in [0, 0.05) is 0 Å². The van der Waals surface area contributed by atoms with E-state index in [1.807, 2.05) is 6.92 Å². The third-order valence-corrected chi connectivity index (χ3v) is 2.48. The number of hydrogen-bond acceptors (Lipinski definition) is 2. The lowest BCUT2D eigenvalue weighted by Gasteiger charge is -2.13. The molecule has 2 nitrogen and oxygen atoms in total. The second-order valence-corrected chi connectivity index (χ2v) is 5.09. The predicted molar refractivity (Wildman–Crippen MR) is 62.7 cm³/mol. The minimum atomic E-state index is -0.194. The van der Waals surface area contributed by atoms with Crippen LogP contribution in [0.1, 0.15) is 52.9 Å². The summed E-state index contributed by atoms with van der Waals surface area (Å²) < 4.78 is 5.21. The van der Waals surface area contributed by atoms with Gasteiger partial charge in [0.25, 0.3) is 0 Å². The Balaban J connectivity index is 3.45. The molecule has 0 bridgehead atoms. The number of alkyl halides is 1. The van der Waals surface area contributed by atoms with Crippen molar-refractivity contribution < 1.29 is 9.53 Å². The molecule has 0 aromatic rings. The molecule has 0 saturated heterocycles. The number of esters is 1. The minimum absolute atomic E-state index is 0.0550. The third-order valence-electron chi connectivity index (χ3n) is 2.11. The summed E-state index contributed by atoms with van der Waals surface area (Å²) in [6, 6.07) is 0. The van der Waals surface area contributed by atoms with Crippen molar-refractivity contribution in [2.24, 2.45) is 0 Å². The summed E-state index contributed by atoms with van der Waals surface area (Å²) in [5, 5.41) is 0. The van der Waals surface area contributed by atoms with Gasteiger partial charge in [0.15, 0.2) is 0 Å². The lowest BCUT2D eigenvalue weighted by molar-refractivity contribution is -0.147. The van der Waals surface area contributed by atoms with Gasteiger partial charge in [-0.1, -0.05) is 42.1 Å². The smallest absolute Gasteiger partial charge is 0.319 e. The molecule has 2 atom stereocenters. The molecule has 0 radical (unpaired) electrons. The van der Waals surface area contributed by atoms with Gasteiger partial charge in [-0.2, -0.15) is 0 Å². The second kappa shape index (κ2) is 8.27. The van der Waals surface area contributed by atoms with E-state index in [0.29, 0.717) is 0 Å². The van der Waals surface area contributed by atoms with Crippen molar-refractivity contribution in [1.29, 1.82) is 0 Å². The Morgan fingerprint density at radius 2 is 1.93 bits per heavy atom. The fourth-order valence-electron chi connectivity index (χ4n) is 1.21. The first kappa shape index (κ1) is 13.9. The molecule has 0 N–H and O–H groups in total. The highest BCUT2D eigenvalue weighted by atomic mass is 79.9. The van der Waals surface area contributed by atoms with Crippen molar-refractivity contribution in [2.45, 2.75) is 63.8 Å². The fourth-order valence-corrected chi connectivity index (χ4v) is 1.32. The maximum absolute atomic E-state index is 11.2. The maximum Gasteiger partial charge on any atom is 0.319 e. The van der Waals surface area contributed by atoms with Crippen LogP contribution in [-0.2, 0) is 9.53 Å². The molecule has 0 aliphatic carbocycles. The molecular weight excluding hydrogens is 244 g/mol. The largest absolute Gasteiger partial charge is 0.462 e. The van der Waals surface area contributed by atoms with E-state index in [9.17, 15) is 4.79 Å². The van der Waals surface area contributed by atoms with Gasteiger partial charge in [-0.3, -0.25) is 4.79 Å². The molecule has 0 aromatic heterocycles. The number of halogens is 1. The van der Waals surface area contributed by atoms with E-state index < -0.39 is 0 Å². The minimum Gasteiger partial charge on any atom is -0.462 e. The lowest BCUT2D eigenvalue weighted by Crippen LogP contribution is -2.20. The molecular formula is C11H21BrO2. The van der Waals surface area contributed by atoms with E-state index in [2.05, 4.69) is 22.9 Å². The highest BCUT2D eigenvalue weighted by Gasteiger charge is 2.13. The van der Waals surface area contributed by atoms with E-state index in [4.69, 9.17) is 4.74 Å². The van der Waals surface area contributed by atoms with Crippen LogP contribution in [0.3, 0.4) is 0 Å². The van der Waals surface area contributed by atoms with Gasteiger partial charge in [-0.05, 0) is 26.7 Å². The van der Waals surface area contributed by atoms with Crippen LogP contribution < -0.4 is 0 Å². The Hall–Kier alpha value is -0.0500. The van der Waals surface area contributed by atoms with Crippen LogP contribution in [0.2, 0.25) is 0 Å². The van der Waals surface area contributed by atoms with Crippen LogP contribution in [0.4, 0.5) is 0 Å². The summed E-state index contributed by atoms with van der Waals surface area (Å²) in [5.74, 6) is -0.159. The number of rotatable bonds is 7. The van der Waals surface area contributed by atoms with Crippen LogP contribution in [0, 0.1) is 0 Å². The van der Waals surface area contributed by atoms with E-state index >= 15 is 0 Å². The van der Waals surface area contributed by atoms with E-state index in [1.54, 1.807) is 6.92 Å². The molecule has 0 heterocycles. The van der Waals surface area contributed by atoms with Crippen molar-refractivity contribution in [3.05, 3.63) is 0 Å². The number of carbonyl (C=O) groups excluding carboxylic acids is 1. The van der Waals surface area contributed by atoms with Crippen LogP contribution in [0.15, 0.2) is 0 Å². The topological polar surface area (TPSA) is 26.3 Å². The van der Waals surface area contributed by atoms with Gasteiger partial charge < -0.3 is 4.74 Å². The Morgan fingerprint density at radius 1 is 1.29 bits per heavy atom. The molecule has 0 spiro atoms. The standard InChI is InChI=1S/C11H21BrO2/c1-4-5-6-7-8-9(2)14-11(13)10(3)12/h9-10H,4-8H2,1-3H3. The summed E-state index contributed by atoms with van der Waals surface area (Å²) >= 11 is 3.19. The molecule has 0 aromatic carbocycles. The van der Waals surface area contributed by atoms with Gasteiger partial charge in [0.2, 0.25) is 0 Å². The number of ether oxygens (including phenoxy) is 1. The van der Waals surface area contributed by atoms with Crippen LogP contribution >= 0.6 is 15.9 Å². The van der Waals surface area contributed by atoms with Crippen molar-refractivity contribution >= 4 is 21.9 Å². The van der Waals surface area contributed by atoms with Crippen LogP contribution in [0.5, 0.6) is 0 Å². The molecule has 84 valence electrons. The summed E-state index contributed by atoms with van der Waals surface area (Å²) in [6.07, 6.45) is 5.94. The lowest BCUT2D eigenvalue weighted by atomic mass is 10.1. The second-order valence-electron chi connectivity index (χ2n) is 3.71. The molecule has 0 saturated carbocycles. The van der Waals surface area contributed by atoms with E-state index in [1.165, 1.54) is 19.3 Å². The van der Waals surface area contributed by atoms with Gasteiger partial charge in [-0.15, -0.1) is 0 Å². The van der Waals surface area contributed by atoms with E-state index in [-0.39, 0.29) is 16.9 Å². The zero-order chi connectivity index (χ0) is 11.0. The average molecular weight is 265 g/mol. The van der Waals surface area contributed by atoms with Crippen LogP contribution in [-0.4, -0.2) is 16.9 Å². The van der Waals surface area contributed by atoms with Crippen LogP contribution in [0.25, 0.3) is 0 Å². The Labute approximate surface area is 95.5 Å². The zero-order valence-corrected chi connectivity index (χ0v) is 11.0. The Morgan fingerprint density at radius 3 is 2.43 bits per heavy atom. The number of hydrogen-bond donors (Lipinski definition) is 0. The highest BCUT2D eigenvalue weighted by Crippen LogP contribution is 2.10. The van der Waals surface area contributed by atoms with Gasteiger partial charge in [-0.25, -0.2) is 0 Å². The summed E-state index contributed by atoms with van der Waals surface area (Å²) in [7, 11) is 0. The molecule has 0 aliphatic rings. The van der Waals surface area contributed by atoms with Gasteiger partial charge in [0.1, 0.15) is 4.83 Å². The van der Waals surface area contributed by atoms with Crippen molar-refractivity contribution in [3.63, 3.8) is 0 Å². The molecule has 2 unspecified atom stereocenters. The van der Waals surface area contributed by atoms with Gasteiger partial charge in [0.05, 0.1) is 6.10 Å². The Bertz CT molecular complexity index is 157. The third kappa shape index (κ3) is 7.36. The Kier molecular flexibility index (Phi) is 8.24. The van der Waals surface area contributed by atoms with Crippen molar-refractivity contribution in [2.75, 3.05) is 0 Å². The predicted octanol–water partition coefficient (Wildman–Crippen LogP) is 3.67.